The van der Waals surface area contributed by atoms with Gasteiger partial charge >= 0.3 is 5.97 Å². The Hall–Kier alpha value is -3.13. The average Bonchev–Trinajstić information content (AvgIpc) is 3.48. The van der Waals surface area contributed by atoms with Crippen LogP contribution in [0.15, 0.2) is 65.5 Å². The number of furan rings is 1. The van der Waals surface area contributed by atoms with Crippen LogP contribution < -0.4 is 5.32 Å². The highest BCUT2D eigenvalue weighted by Crippen LogP contribution is 2.39. The fourth-order valence-electron chi connectivity index (χ4n) is 3.69. The summed E-state index contributed by atoms with van der Waals surface area (Å²) in [5, 5.41) is 3.99. The van der Waals surface area contributed by atoms with Crippen LogP contribution in [0.3, 0.4) is 0 Å². The van der Waals surface area contributed by atoms with Crippen LogP contribution in [-0.4, -0.2) is 39.2 Å². The predicted octanol–water partition coefficient (Wildman–Crippen LogP) is 3.06. The minimum absolute atomic E-state index is 0.119. The zero-order valence-corrected chi connectivity index (χ0v) is 16.8. The van der Waals surface area contributed by atoms with Gasteiger partial charge in [0.05, 0.1) is 44.1 Å². The second kappa shape index (κ2) is 8.48. The molecular weight excluding hydrogens is 388 g/mol. The summed E-state index contributed by atoms with van der Waals surface area (Å²) in [7, 11) is 1.39. The lowest BCUT2D eigenvalue weighted by Gasteiger charge is -2.28. The number of ether oxygens (including phenoxy) is 1. The van der Waals surface area contributed by atoms with Gasteiger partial charge in [0, 0.05) is 24.6 Å². The van der Waals surface area contributed by atoms with E-state index in [1.54, 1.807) is 12.5 Å². The van der Waals surface area contributed by atoms with Gasteiger partial charge in [-0.3, -0.25) is 9.78 Å². The maximum atomic E-state index is 11.8. The third kappa shape index (κ3) is 4.02. The van der Waals surface area contributed by atoms with Crippen LogP contribution in [0.4, 0.5) is 0 Å². The summed E-state index contributed by atoms with van der Waals surface area (Å²) in [6.07, 6.45) is 5.72. The Morgan fingerprint density at radius 3 is 2.90 bits per heavy atom. The maximum Gasteiger partial charge on any atom is 0.307 e. The van der Waals surface area contributed by atoms with Crippen LogP contribution in [-0.2, 0) is 16.1 Å². The number of nitrogens with one attached hydrogen (secondary N) is 1. The first-order valence-electron chi connectivity index (χ1n) is 9.39. The summed E-state index contributed by atoms with van der Waals surface area (Å²) in [5.74, 6) is 0.602. The standard InChI is InChI=1S/C21H22N4O3S/c1-27-18(26)9-12-25-20(19(23-21(25)29)16-7-2-3-10-22-16)17-8-4-11-24(17)14-15-6-5-13-28-15/h2-8,10-11,13,19-20H,9,12,14H2,1H3,(H,23,29). The Bertz CT molecular complexity index is 971. The molecule has 1 aliphatic heterocycles. The van der Waals surface area contributed by atoms with Gasteiger partial charge in [-0.05, 0) is 48.6 Å². The number of rotatable bonds is 7. The number of carbonyl (C=O) groups excluding carboxylic acids is 1. The smallest absolute Gasteiger partial charge is 0.307 e. The molecule has 0 saturated carbocycles. The van der Waals surface area contributed by atoms with Gasteiger partial charge in [-0.1, -0.05) is 6.07 Å². The third-order valence-corrected chi connectivity index (χ3v) is 5.41. The summed E-state index contributed by atoms with van der Waals surface area (Å²) in [6.45, 7) is 1.07. The molecule has 0 aliphatic carbocycles. The number of hydrogen-bond donors (Lipinski definition) is 1. The Balaban J connectivity index is 1.69. The highest BCUT2D eigenvalue weighted by Gasteiger charge is 2.41. The number of esters is 1. The van der Waals surface area contributed by atoms with Crippen LogP contribution in [0.25, 0.3) is 0 Å². The quantitative estimate of drug-likeness (QED) is 0.474. The van der Waals surface area contributed by atoms with Gasteiger partial charge in [-0.25, -0.2) is 0 Å². The van der Waals surface area contributed by atoms with E-state index in [-0.39, 0.29) is 24.5 Å². The van der Waals surface area contributed by atoms with Crippen LogP contribution in [0.1, 0.15) is 35.7 Å². The van der Waals surface area contributed by atoms with Crippen molar-refractivity contribution in [2.24, 2.45) is 0 Å². The molecule has 8 heteroatoms. The maximum absolute atomic E-state index is 11.8. The van der Waals surface area contributed by atoms with E-state index in [1.165, 1.54) is 7.11 Å². The monoisotopic (exact) mass is 410 g/mol. The predicted molar refractivity (Wildman–Crippen MR) is 111 cm³/mol. The molecule has 3 aromatic heterocycles. The molecule has 4 heterocycles. The summed E-state index contributed by atoms with van der Waals surface area (Å²) < 4.78 is 12.5. The molecule has 150 valence electrons. The number of carbonyl (C=O) groups is 1. The molecule has 0 radical (unpaired) electrons. The van der Waals surface area contributed by atoms with Crippen molar-refractivity contribution in [3.8, 4) is 0 Å². The van der Waals surface area contributed by atoms with E-state index in [4.69, 9.17) is 21.4 Å². The summed E-state index contributed by atoms with van der Waals surface area (Å²) in [5.41, 5.74) is 1.96. The van der Waals surface area contributed by atoms with Gasteiger partial charge in [-0.2, -0.15) is 0 Å². The van der Waals surface area contributed by atoms with E-state index < -0.39 is 0 Å². The fourth-order valence-corrected chi connectivity index (χ4v) is 4.02. The van der Waals surface area contributed by atoms with E-state index in [0.29, 0.717) is 18.2 Å². The van der Waals surface area contributed by atoms with Crippen molar-refractivity contribution >= 4 is 23.3 Å². The SMILES string of the molecule is COC(=O)CCN1C(=S)NC(c2ccccn2)C1c1cccn1Cc1ccco1. The lowest BCUT2D eigenvalue weighted by molar-refractivity contribution is -0.140. The largest absolute Gasteiger partial charge is 0.469 e. The van der Waals surface area contributed by atoms with Crippen molar-refractivity contribution < 1.29 is 13.9 Å². The molecule has 7 nitrogen and oxygen atoms in total. The molecule has 2 unspecified atom stereocenters. The molecule has 0 spiro atoms. The normalized spacial score (nSPS) is 18.7. The van der Waals surface area contributed by atoms with Crippen molar-refractivity contribution in [1.82, 2.24) is 19.8 Å². The molecule has 1 aliphatic rings. The Labute approximate surface area is 174 Å². The van der Waals surface area contributed by atoms with Crippen molar-refractivity contribution in [3.05, 3.63) is 78.3 Å². The second-order valence-electron chi connectivity index (χ2n) is 6.79. The topological polar surface area (TPSA) is 72.5 Å². The molecule has 0 aromatic carbocycles. The molecule has 1 saturated heterocycles. The minimum atomic E-state index is -0.265. The van der Waals surface area contributed by atoms with Gasteiger partial charge in [0.2, 0.25) is 0 Å². The van der Waals surface area contributed by atoms with Crippen LogP contribution >= 0.6 is 12.2 Å². The number of aromatic nitrogens is 2. The van der Waals surface area contributed by atoms with E-state index >= 15 is 0 Å². The van der Waals surface area contributed by atoms with Crippen LogP contribution in [0.5, 0.6) is 0 Å². The fraction of sp³-hybridized carbons (Fsp3) is 0.286. The van der Waals surface area contributed by atoms with Gasteiger partial charge in [0.1, 0.15) is 5.76 Å². The van der Waals surface area contributed by atoms with E-state index in [1.807, 2.05) is 47.5 Å². The molecule has 0 bridgehead atoms. The lowest BCUT2D eigenvalue weighted by atomic mass is 10.0. The highest BCUT2D eigenvalue weighted by atomic mass is 32.1. The van der Waals surface area contributed by atoms with Crippen LogP contribution in [0, 0.1) is 0 Å². The molecule has 1 N–H and O–H groups in total. The average molecular weight is 410 g/mol. The summed E-state index contributed by atoms with van der Waals surface area (Å²) in [6, 6.07) is 13.5. The van der Waals surface area contributed by atoms with Crippen molar-refractivity contribution in [3.63, 3.8) is 0 Å². The van der Waals surface area contributed by atoms with Crippen molar-refractivity contribution in [1.29, 1.82) is 0 Å². The highest BCUT2D eigenvalue weighted by molar-refractivity contribution is 7.80. The first-order chi connectivity index (χ1) is 14.2. The van der Waals surface area contributed by atoms with E-state index in [2.05, 4.69) is 20.9 Å². The van der Waals surface area contributed by atoms with Crippen LogP contribution in [0.2, 0.25) is 0 Å². The number of hydrogen-bond acceptors (Lipinski definition) is 5. The minimum Gasteiger partial charge on any atom is -0.469 e. The summed E-state index contributed by atoms with van der Waals surface area (Å²) >= 11 is 5.62. The molecule has 2 atom stereocenters. The van der Waals surface area contributed by atoms with Crippen molar-refractivity contribution in [2.45, 2.75) is 25.0 Å². The van der Waals surface area contributed by atoms with Gasteiger partial charge in [0.25, 0.3) is 0 Å². The van der Waals surface area contributed by atoms with Gasteiger partial charge < -0.3 is 23.9 Å². The van der Waals surface area contributed by atoms with E-state index in [0.717, 1.165) is 17.1 Å². The zero-order chi connectivity index (χ0) is 20.2. The second-order valence-corrected chi connectivity index (χ2v) is 7.17. The number of pyridine rings is 1. The first-order valence-corrected chi connectivity index (χ1v) is 9.80. The van der Waals surface area contributed by atoms with E-state index in [9.17, 15) is 4.79 Å². The van der Waals surface area contributed by atoms with Gasteiger partial charge in [-0.15, -0.1) is 0 Å². The molecule has 1 fully saturated rings. The molecule has 29 heavy (non-hydrogen) atoms. The Morgan fingerprint density at radius 1 is 1.28 bits per heavy atom. The summed E-state index contributed by atoms with van der Waals surface area (Å²) in [4.78, 5) is 18.3. The first kappa shape index (κ1) is 19.2. The molecule has 4 rings (SSSR count). The molecule has 0 amide bonds. The number of nitrogens with zero attached hydrogens (tertiary/aromatic N) is 3. The Kier molecular flexibility index (Phi) is 5.62. The zero-order valence-electron chi connectivity index (χ0n) is 16.0. The lowest BCUT2D eigenvalue weighted by Crippen LogP contribution is -2.32. The molecular formula is C21H22N4O3S. The van der Waals surface area contributed by atoms with Gasteiger partial charge in [0.15, 0.2) is 5.11 Å². The number of methoxy groups -OCH3 is 1. The Morgan fingerprint density at radius 2 is 2.17 bits per heavy atom. The third-order valence-electron chi connectivity index (χ3n) is 5.06. The molecule has 3 aromatic rings. The number of thiocarbonyl (C=S) groups is 1. The van der Waals surface area contributed by atoms with Crippen molar-refractivity contribution in [2.75, 3.05) is 13.7 Å².